The summed E-state index contributed by atoms with van der Waals surface area (Å²) < 4.78 is 25.5. The van der Waals surface area contributed by atoms with Crippen molar-refractivity contribution in [1.29, 1.82) is 0 Å². The lowest BCUT2D eigenvalue weighted by Gasteiger charge is -2.12. The Morgan fingerprint density at radius 2 is 2.15 bits per heavy atom. The summed E-state index contributed by atoms with van der Waals surface area (Å²) >= 11 is 0. The zero-order valence-corrected chi connectivity index (χ0v) is 10.8. The number of rotatable bonds is 7. The van der Waals surface area contributed by atoms with Crippen LogP contribution in [-0.4, -0.2) is 47.2 Å². The summed E-state index contributed by atoms with van der Waals surface area (Å²) in [6, 6.07) is 0.321. The van der Waals surface area contributed by atoms with Gasteiger partial charge in [0, 0.05) is 12.7 Å². The highest BCUT2D eigenvalue weighted by atomic mass is 32.2. The third-order valence-electron chi connectivity index (χ3n) is 2.23. The molecule has 0 bridgehead atoms. The topological polar surface area (TPSA) is 160 Å². The van der Waals surface area contributed by atoms with Crippen LogP contribution < -0.4 is 4.72 Å². The van der Waals surface area contributed by atoms with E-state index in [4.69, 9.17) is 10.2 Å². The van der Waals surface area contributed by atoms with E-state index in [2.05, 4.69) is 4.98 Å². The average molecular weight is 305 g/mol. The number of nitrogens with zero attached hydrogens (tertiary/aromatic N) is 2. The van der Waals surface area contributed by atoms with E-state index in [0.717, 1.165) is 18.3 Å². The predicted molar refractivity (Wildman–Crippen MR) is 64.3 cm³/mol. The highest BCUT2D eigenvalue weighted by Gasteiger charge is 2.26. The van der Waals surface area contributed by atoms with Crippen LogP contribution in [0.25, 0.3) is 0 Å². The van der Waals surface area contributed by atoms with Crippen LogP contribution in [0, 0.1) is 10.1 Å². The molecule has 1 rings (SSSR count). The molecule has 0 unspecified atom stereocenters. The average Bonchev–Trinajstić information content (AvgIpc) is 2.38. The largest absolute Gasteiger partial charge is 0.480 e. The molecule has 1 aromatic heterocycles. The van der Waals surface area contributed by atoms with E-state index in [9.17, 15) is 23.3 Å². The first-order chi connectivity index (χ1) is 9.27. The van der Waals surface area contributed by atoms with Crippen molar-refractivity contribution in [3.8, 4) is 0 Å². The fourth-order valence-electron chi connectivity index (χ4n) is 1.26. The van der Waals surface area contributed by atoms with Gasteiger partial charge in [0.1, 0.15) is 10.9 Å². The second-order valence-electron chi connectivity index (χ2n) is 3.63. The maximum Gasteiger partial charge on any atom is 0.363 e. The third kappa shape index (κ3) is 3.94. The van der Waals surface area contributed by atoms with Crippen molar-refractivity contribution in [3.05, 3.63) is 28.4 Å². The minimum atomic E-state index is -4.20. The van der Waals surface area contributed by atoms with Gasteiger partial charge in [-0.1, -0.05) is 0 Å². The molecule has 0 saturated carbocycles. The molecule has 0 spiro atoms. The number of hydrogen-bond donors (Lipinski definition) is 3. The predicted octanol–water partition coefficient (Wildman–Crippen LogP) is -0.896. The molecule has 10 nitrogen and oxygen atoms in total. The molecule has 1 heterocycles. The maximum absolute atomic E-state index is 11.8. The van der Waals surface area contributed by atoms with Crippen molar-refractivity contribution < 1.29 is 28.3 Å². The molecule has 0 aliphatic carbocycles. The summed E-state index contributed by atoms with van der Waals surface area (Å²) in [5.74, 6) is -1.98. The Bertz CT molecular complexity index is 598. The van der Waals surface area contributed by atoms with Crippen LogP contribution in [0.5, 0.6) is 0 Å². The highest BCUT2D eigenvalue weighted by Crippen LogP contribution is 2.13. The molecule has 0 saturated heterocycles. The lowest BCUT2D eigenvalue weighted by atomic mass is 10.2. The van der Waals surface area contributed by atoms with Gasteiger partial charge in [-0.05, 0) is 22.4 Å². The van der Waals surface area contributed by atoms with E-state index in [1.165, 1.54) is 0 Å². The fraction of sp³-hybridized carbons (Fsp3) is 0.333. The molecule has 0 aliphatic heterocycles. The number of sulfonamides is 1. The number of aromatic nitrogens is 1. The van der Waals surface area contributed by atoms with E-state index in [0.29, 0.717) is 0 Å². The Morgan fingerprint density at radius 3 is 2.55 bits per heavy atom. The Morgan fingerprint density at radius 1 is 1.50 bits per heavy atom. The fourth-order valence-corrected chi connectivity index (χ4v) is 2.42. The minimum absolute atomic E-state index is 0.311. The van der Waals surface area contributed by atoms with E-state index in [-0.39, 0.29) is 6.42 Å². The Balaban J connectivity index is 2.98. The van der Waals surface area contributed by atoms with Gasteiger partial charge in [-0.3, -0.25) is 4.79 Å². The number of hydrogen-bond acceptors (Lipinski definition) is 7. The lowest BCUT2D eigenvalue weighted by Crippen LogP contribution is -2.41. The maximum atomic E-state index is 11.8. The molecule has 1 aromatic rings. The van der Waals surface area contributed by atoms with Crippen LogP contribution >= 0.6 is 0 Å². The molecule has 20 heavy (non-hydrogen) atoms. The molecular weight excluding hydrogens is 294 g/mol. The molecule has 0 aromatic carbocycles. The third-order valence-corrected chi connectivity index (χ3v) is 3.69. The van der Waals surface area contributed by atoms with Crippen molar-refractivity contribution in [1.82, 2.24) is 9.71 Å². The summed E-state index contributed by atoms with van der Waals surface area (Å²) in [6.45, 7) is -0.516. The quantitative estimate of drug-likeness (QED) is 0.431. The first-order valence-corrected chi connectivity index (χ1v) is 6.72. The SMILES string of the molecule is O=C(O)[C@H](CCO)NS(=O)(=O)c1ccc([N+](=O)[O-])nc1. The second kappa shape index (κ2) is 6.36. The Labute approximate surface area is 113 Å². The van der Waals surface area contributed by atoms with E-state index >= 15 is 0 Å². The van der Waals surface area contributed by atoms with Crippen molar-refractivity contribution in [2.45, 2.75) is 17.4 Å². The van der Waals surface area contributed by atoms with E-state index < -0.39 is 44.3 Å². The van der Waals surface area contributed by atoms with E-state index in [1.54, 1.807) is 0 Å². The van der Waals surface area contributed by atoms with Crippen molar-refractivity contribution in [2.24, 2.45) is 0 Å². The molecule has 110 valence electrons. The molecule has 0 fully saturated rings. The summed E-state index contributed by atoms with van der Waals surface area (Å²) in [5.41, 5.74) is 0. The van der Waals surface area contributed by atoms with Crippen LogP contribution in [-0.2, 0) is 14.8 Å². The normalized spacial score (nSPS) is 12.8. The zero-order chi connectivity index (χ0) is 15.3. The van der Waals surface area contributed by atoms with E-state index in [1.807, 2.05) is 4.72 Å². The standard InChI is InChI=1S/C9H11N3O7S/c13-4-3-7(9(14)15)11-20(18,19)6-1-2-8(10-5-6)12(16)17/h1-2,5,7,11,13H,3-4H2,(H,14,15)/t7-/m0/s1. The van der Waals surface area contributed by atoms with Gasteiger partial charge in [0.05, 0.1) is 0 Å². The molecule has 0 radical (unpaired) electrons. The number of nitrogens with one attached hydrogen (secondary N) is 1. The van der Waals surface area contributed by atoms with Crippen molar-refractivity contribution in [2.75, 3.05) is 6.61 Å². The molecule has 1 atom stereocenters. The number of aliphatic hydroxyl groups excluding tert-OH is 1. The van der Waals surface area contributed by atoms with Crippen molar-refractivity contribution in [3.63, 3.8) is 0 Å². The number of nitro groups is 1. The van der Waals surface area contributed by atoms with Gasteiger partial charge in [-0.25, -0.2) is 8.42 Å². The number of aliphatic carboxylic acids is 1. The van der Waals surface area contributed by atoms with Crippen LogP contribution in [0.4, 0.5) is 5.82 Å². The highest BCUT2D eigenvalue weighted by molar-refractivity contribution is 7.89. The number of carboxylic acids is 1. The van der Waals surface area contributed by atoms with Crippen LogP contribution in [0.15, 0.2) is 23.2 Å². The molecule has 0 amide bonds. The Hall–Kier alpha value is -2.11. The van der Waals surface area contributed by atoms with Gasteiger partial charge in [0.25, 0.3) is 0 Å². The number of aliphatic hydroxyl groups is 1. The summed E-state index contributed by atoms with van der Waals surface area (Å²) in [4.78, 5) is 23.3. The number of pyridine rings is 1. The van der Waals surface area contributed by atoms with Gasteiger partial charge >= 0.3 is 11.8 Å². The summed E-state index contributed by atoms with van der Waals surface area (Å²) in [7, 11) is -4.20. The molecule has 11 heteroatoms. The lowest BCUT2D eigenvalue weighted by molar-refractivity contribution is -0.389. The van der Waals surface area contributed by atoms with Gasteiger partial charge in [0.15, 0.2) is 6.20 Å². The Kier molecular flexibility index (Phi) is 5.07. The summed E-state index contributed by atoms with van der Waals surface area (Å²) in [6.07, 6.45) is 0.438. The smallest absolute Gasteiger partial charge is 0.363 e. The van der Waals surface area contributed by atoms with Gasteiger partial charge in [-0.15, -0.1) is 0 Å². The number of carbonyl (C=O) groups is 1. The first-order valence-electron chi connectivity index (χ1n) is 5.24. The van der Waals surface area contributed by atoms with Gasteiger partial charge in [0.2, 0.25) is 10.0 Å². The van der Waals surface area contributed by atoms with Gasteiger partial charge in [-0.2, -0.15) is 4.72 Å². The van der Waals surface area contributed by atoms with Crippen LogP contribution in [0.2, 0.25) is 0 Å². The second-order valence-corrected chi connectivity index (χ2v) is 5.35. The number of carboxylic acid groups (broad SMARTS) is 1. The van der Waals surface area contributed by atoms with Gasteiger partial charge < -0.3 is 20.3 Å². The van der Waals surface area contributed by atoms with Crippen LogP contribution in [0.1, 0.15) is 6.42 Å². The minimum Gasteiger partial charge on any atom is -0.480 e. The summed E-state index contributed by atoms with van der Waals surface area (Å²) in [5, 5.41) is 27.8. The molecule has 3 N–H and O–H groups in total. The molecule has 0 aliphatic rings. The van der Waals surface area contributed by atoms with Crippen molar-refractivity contribution >= 4 is 21.8 Å². The monoisotopic (exact) mass is 305 g/mol. The van der Waals surface area contributed by atoms with Crippen LogP contribution in [0.3, 0.4) is 0 Å². The molecular formula is C9H11N3O7S. The zero-order valence-electron chi connectivity index (χ0n) is 9.96. The first kappa shape index (κ1) is 15.9.